The molecule has 0 aliphatic rings. The van der Waals surface area contributed by atoms with Gasteiger partial charge in [0.25, 0.3) is 0 Å². The van der Waals surface area contributed by atoms with Gasteiger partial charge in [0, 0.05) is 26.2 Å². The van der Waals surface area contributed by atoms with Crippen molar-refractivity contribution in [1.82, 2.24) is 0 Å². The molecule has 0 aromatic heterocycles. The molecule has 0 fully saturated rings. The highest BCUT2D eigenvalue weighted by molar-refractivity contribution is 5.37. The molecule has 6 heteroatoms. The van der Waals surface area contributed by atoms with E-state index < -0.39 is 18.8 Å². The molecular weight excluding hydrogens is 256 g/mol. The van der Waals surface area contributed by atoms with E-state index in [4.69, 9.17) is 14.7 Å². The van der Waals surface area contributed by atoms with Gasteiger partial charge in [-0.05, 0) is 6.07 Å². The maximum atomic E-state index is 12.4. The van der Waals surface area contributed by atoms with E-state index in [1.807, 2.05) is 6.07 Å². The molecule has 1 rings (SSSR count). The molecule has 0 aliphatic heterocycles. The first-order chi connectivity index (χ1) is 9.13. The number of halogens is 2. The summed E-state index contributed by atoms with van der Waals surface area (Å²) < 4.78 is 39.4. The van der Waals surface area contributed by atoms with Crippen LogP contribution in [-0.4, -0.2) is 27.1 Å². The van der Waals surface area contributed by atoms with Gasteiger partial charge in [0.1, 0.15) is 5.75 Å². The zero-order chi connectivity index (χ0) is 14.3. The molecule has 0 saturated heterocycles. The second-order valence-electron chi connectivity index (χ2n) is 3.72. The third kappa shape index (κ3) is 4.16. The van der Waals surface area contributed by atoms with Crippen molar-refractivity contribution < 1.29 is 23.0 Å². The fourth-order valence-corrected chi connectivity index (χ4v) is 1.87. The van der Waals surface area contributed by atoms with Gasteiger partial charge < -0.3 is 14.2 Å². The van der Waals surface area contributed by atoms with E-state index in [-0.39, 0.29) is 12.2 Å². The van der Waals surface area contributed by atoms with Crippen LogP contribution < -0.4 is 4.74 Å². The quantitative estimate of drug-likeness (QED) is 0.715. The molecule has 0 bridgehead atoms. The van der Waals surface area contributed by atoms with E-state index in [1.165, 1.54) is 20.3 Å². The number of para-hydroxylation sites is 1. The first-order valence-corrected chi connectivity index (χ1v) is 5.60. The van der Waals surface area contributed by atoms with E-state index in [0.717, 1.165) is 0 Å². The molecule has 0 aliphatic carbocycles. The van der Waals surface area contributed by atoms with Crippen molar-refractivity contribution in [1.29, 1.82) is 5.26 Å². The van der Waals surface area contributed by atoms with Gasteiger partial charge in [0.2, 0.25) is 0 Å². The SMILES string of the molecule is COC(OC)C(CC#N)c1ccccc1OC(F)F. The molecule has 1 aromatic rings. The summed E-state index contributed by atoms with van der Waals surface area (Å²) in [6, 6.07) is 8.30. The average Bonchev–Trinajstić information content (AvgIpc) is 2.39. The molecule has 0 N–H and O–H groups in total. The lowest BCUT2D eigenvalue weighted by molar-refractivity contribution is -0.118. The van der Waals surface area contributed by atoms with Crippen molar-refractivity contribution in [3.63, 3.8) is 0 Å². The number of hydrogen-bond acceptors (Lipinski definition) is 4. The zero-order valence-corrected chi connectivity index (χ0v) is 10.7. The minimum absolute atomic E-state index is 0.0249. The Labute approximate surface area is 110 Å². The molecule has 0 saturated carbocycles. The Bertz CT molecular complexity index is 430. The monoisotopic (exact) mass is 271 g/mol. The van der Waals surface area contributed by atoms with Crippen LogP contribution in [0.25, 0.3) is 0 Å². The number of rotatable bonds is 7. The highest BCUT2D eigenvalue weighted by atomic mass is 19.3. The number of nitrogens with zero attached hydrogens (tertiary/aromatic N) is 1. The lowest BCUT2D eigenvalue weighted by atomic mass is 9.94. The summed E-state index contributed by atoms with van der Waals surface area (Å²) in [5, 5.41) is 8.86. The van der Waals surface area contributed by atoms with E-state index >= 15 is 0 Å². The third-order valence-corrected chi connectivity index (χ3v) is 2.64. The summed E-state index contributed by atoms with van der Waals surface area (Å²) in [5.41, 5.74) is 0.457. The number of ether oxygens (including phenoxy) is 3. The highest BCUT2D eigenvalue weighted by Crippen LogP contribution is 2.33. The largest absolute Gasteiger partial charge is 0.435 e. The van der Waals surface area contributed by atoms with Crippen molar-refractivity contribution in [2.24, 2.45) is 0 Å². The molecule has 0 amide bonds. The van der Waals surface area contributed by atoms with Crippen LogP contribution in [0.5, 0.6) is 5.75 Å². The topological polar surface area (TPSA) is 51.5 Å². The Morgan fingerprint density at radius 1 is 1.21 bits per heavy atom. The Balaban J connectivity index is 3.11. The fraction of sp³-hybridized carbons (Fsp3) is 0.462. The molecule has 1 atom stereocenters. The predicted octanol–water partition coefficient (Wildman–Crippen LogP) is 2.90. The molecule has 1 unspecified atom stereocenters. The van der Waals surface area contributed by atoms with Crippen LogP contribution in [0.1, 0.15) is 17.9 Å². The highest BCUT2D eigenvalue weighted by Gasteiger charge is 2.26. The van der Waals surface area contributed by atoms with Crippen molar-refractivity contribution in [3.8, 4) is 11.8 Å². The number of alkyl halides is 2. The maximum absolute atomic E-state index is 12.4. The van der Waals surface area contributed by atoms with Crippen LogP contribution in [0.15, 0.2) is 24.3 Å². The normalized spacial score (nSPS) is 12.5. The fourth-order valence-electron chi connectivity index (χ4n) is 1.87. The van der Waals surface area contributed by atoms with Gasteiger partial charge in [-0.25, -0.2) is 0 Å². The Morgan fingerprint density at radius 3 is 2.37 bits per heavy atom. The van der Waals surface area contributed by atoms with Gasteiger partial charge in [-0.2, -0.15) is 14.0 Å². The Morgan fingerprint density at radius 2 is 1.84 bits per heavy atom. The van der Waals surface area contributed by atoms with Gasteiger partial charge in [0.05, 0.1) is 12.0 Å². The molecule has 19 heavy (non-hydrogen) atoms. The number of hydrogen-bond donors (Lipinski definition) is 0. The first kappa shape index (κ1) is 15.3. The van der Waals surface area contributed by atoms with E-state index in [0.29, 0.717) is 5.56 Å². The second kappa shape index (κ2) is 7.67. The van der Waals surface area contributed by atoms with Crippen molar-refractivity contribution in [2.45, 2.75) is 25.2 Å². The summed E-state index contributed by atoms with van der Waals surface area (Å²) in [4.78, 5) is 0. The van der Waals surface area contributed by atoms with Gasteiger partial charge in [-0.15, -0.1) is 0 Å². The molecule has 0 radical (unpaired) electrons. The molecule has 4 nitrogen and oxygen atoms in total. The molecule has 0 spiro atoms. The van der Waals surface area contributed by atoms with Gasteiger partial charge in [0.15, 0.2) is 6.29 Å². The lowest BCUT2D eigenvalue weighted by Gasteiger charge is -2.24. The van der Waals surface area contributed by atoms with Gasteiger partial charge in [-0.1, -0.05) is 18.2 Å². The first-order valence-electron chi connectivity index (χ1n) is 5.60. The van der Waals surface area contributed by atoms with Gasteiger partial charge >= 0.3 is 6.61 Å². The van der Waals surface area contributed by atoms with Crippen LogP contribution in [0.4, 0.5) is 8.78 Å². The second-order valence-corrected chi connectivity index (χ2v) is 3.72. The van der Waals surface area contributed by atoms with Crippen molar-refractivity contribution in [2.75, 3.05) is 14.2 Å². The third-order valence-electron chi connectivity index (χ3n) is 2.64. The number of nitriles is 1. The van der Waals surface area contributed by atoms with Crippen LogP contribution in [0, 0.1) is 11.3 Å². The minimum Gasteiger partial charge on any atom is -0.435 e. The smallest absolute Gasteiger partial charge is 0.387 e. The summed E-state index contributed by atoms with van der Waals surface area (Å²) in [6.45, 7) is -2.92. The molecule has 1 aromatic carbocycles. The summed E-state index contributed by atoms with van der Waals surface area (Å²) in [5.74, 6) is -0.480. The predicted molar refractivity (Wildman–Crippen MR) is 63.9 cm³/mol. The number of methoxy groups -OCH3 is 2. The van der Waals surface area contributed by atoms with Crippen molar-refractivity contribution >= 4 is 0 Å². The van der Waals surface area contributed by atoms with Crippen LogP contribution >= 0.6 is 0 Å². The van der Waals surface area contributed by atoms with Gasteiger partial charge in [-0.3, -0.25) is 0 Å². The summed E-state index contributed by atoms with van der Waals surface area (Å²) in [6.07, 6.45) is -0.641. The summed E-state index contributed by atoms with van der Waals surface area (Å²) in [7, 11) is 2.85. The maximum Gasteiger partial charge on any atom is 0.387 e. The Kier molecular flexibility index (Phi) is 6.19. The molecule has 0 heterocycles. The molecule has 104 valence electrons. The van der Waals surface area contributed by atoms with Crippen LogP contribution in [0.3, 0.4) is 0 Å². The van der Waals surface area contributed by atoms with E-state index in [9.17, 15) is 8.78 Å². The zero-order valence-electron chi connectivity index (χ0n) is 10.7. The average molecular weight is 271 g/mol. The molecular formula is C13H15F2NO3. The van der Waals surface area contributed by atoms with E-state index in [1.54, 1.807) is 18.2 Å². The Hall–Kier alpha value is -1.71. The lowest BCUT2D eigenvalue weighted by Crippen LogP contribution is -2.23. The van der Waals surface area contributed by atoms with E-state index in [2.05, 4.69) is 4.74 Å². The summed E-state index contributed by atoms with van der Waals surface area (Å²) >= 11 is 0. The minimum atomic E-state index is -2.92. The standard InChI is InChI=1S/C13H15F2NO3/c1-17-12(18-2)10(7-8-16)9-5-3-4-6-11(9)19-13(14)15/h3-6,10,12-13H,7H2,1-2H3. The van der Waals surface area contributed by atoms with Crippen LogP contribution in [-0.2, 0) is 9.47 Å². The van der Waals surface area contributed by atoms with Crippen LogP contribution in [0.2, 0.25) is 0 Å². The number of benzene rings is 1. The van der Waals surface area contributed by atoms with Crippen molar-refractivity contribution in [3.05, 3.63) is 29.8 Å².